The van der Waals surface area contributed by atoms with Gasteiger partial charge in [-0.2, -0.15) is 4.31 Å². The molecule has 0 bridgehead atoms. The van der Waals surface area contributed by atoms with Crippen LogP contribution in [0.1, 0.15) is 5.56 Å². The molecule has 2 rings (SSSR count). The van der Waals surface area contributed by atoms with Crippen LogP contribution in [0.5, 0.6) is 5.75 Å². The Labute approximate surface area is 117 Å². The van der Waals surface area contributed by atoms with Gasteiger partial charge in [-0.1, -0.05) is 6.07 Å². The van der Waals surface area contributed by atoms with E-state index < -0.39 is 10.0 Å². The van der Waals surface area contributed by atoms with Crippen molar-refractivity contribution in [2.24, 2.45) is 0 Å². The molecule has 0 saturated heterocycles. The Morgan fingerprint density at radius 3 is 2.70 bits per heavy atom. The molecule has 1 heterocycles. The van der Waals surface area contributed by atoms with Crippen molar-refractivity contribution < 1.29 is 13.5 Å². The van der Waals surface area contributed by atoms with Crippen molar-refractivity contribution in [3.05, 3.63) is 48.3 Å². The quantitative estimate of drug-likeness (QED) is 0.652. The van der Waals surface area contributed by atoms with Crippen molar-refractivity contribution in [3.8, 4) is 5.75 Å². The summed E-state index contributed by atoms with van der Waals surface area (Å²) in [4.78, 5) is 3.98. The number of sulfonamides is 1. The Kier molecular flexibility index (Phi) is 3.91. The Hall–Kier alpha value is -2.12. The number of benzene rings is 1. The van der Waals surface area contributed by atoms with Crippen molar-refractivity contribution in [1.82, 2.24) is 9.29 Å². The van der Waals surface area contributed by atoms with Crippen LogP contribution in [0.2, 0.25) is 0 Å². The lowest BCUT2D eigenvalue weighted by Crippen LogP contribution is -2.26. The summed E-state index contributed by atoms with van der Waals surface area (Å²) in [5.41, 5.74) is 6.34. The summed E-state index contributed by atoms with van der Waals surface area (Å²) in [6.07, 6.45) is 3.23. The van der Waals surface area contributed by atoms with Crippen molar-refractivity contribution in [1.29, 1.82) is 0 Å². The molecular weight excluding hydrogens is 278 g/mol. The fraction of sp³-hybridized carbons (Fsp3) is 0.154. The molecule has 7 heteroatoms. The van der Waals surface area contributed by atoms with E-state index in [0.717, 1.165) is 5.56 Å². The van der Waals surface area contributed by atoms with Gasteiger partial charge in [0.2, 0.25) is 10.0 Å². The molecule has 0 fully saturated rings. The van der Waals surface area contributed by atoms with E-state index in [1.165, 1.54) is 29.6 Å². The monoisotopic (exact) mass is 293 g/mol. The normalized spacial score (nSPS) is 11.7. The lowest BCUT2D eigenvalue weighted by molar-refractivity contribution is 0.465. The SMILES string of the molecule is CN(Cc1cccnc1)S(=O)(=O)c1ccc(O)c(N)c1. The van der Waals surface area contributed by atoms with Crippen LogP contribution in [0.15, 0.2) is 47.6 Å². The molecular formula is C13H15N3O3S. The van der Waals surface area contributed by atoms with Gasteiger partial charge in [0, 0.05) is 26.0 Å². The molecule has 0 unspecified atom stereocenters. The number of nitrogen functional groups attached to an aromatic ring is 1. The van der Waals surface area contributed by atoms with Gasteiger partial charge in [-0.15, -0.1) is 0 Å². The molecule has 0 aliphatic rings. The van der Waals surface area contributed by atoms with Gasteiger partial charge >= 0.3 is 0 Å². The molecule has 20 heavy (non-hydrogen) atoms. The minimum absolute atomic E-state index is 0.0286. The van der Waals surface area contributed by atoms with E-state index in [1.54, 1.807) is 24.5 Å². The molecule has 0 atom stereocenters. The number of rotatable bonds is 4. The average Bonchev–Trinajstić information content (AvgIpc) is 2.42. The maximum atomic E-state index is 12.4. The Morgan fingerprint density at radius 1 is 1.35 bits per heavy atom. The number of nitrogens with zero attached hydrogens (tertiary/aromatic N) is 2. The van der Waals surface area contributed by atoms with Gasteiger partial charge in [-0.05, 0) is 29.8 Å². The first kappa shape index (κ1) is 14.3. The van der Waals surface area contributed by atoms with E-state index in [4.69, 9.17) is 5.73 Å². The highest BCUT2D eigenvalue weighted by Crippen LogP contribution is 2.25. The molecule has 0 saturated carbocycles. The number of phenolic OH excluding ortho intramolecular Hbond substituents is 1. The van der Waals surface area contributed by atoms with Crippen LogP contribution < -0.4 is 5.73 Å². The molecule has 0 radical (unpaired) electrons. The maximum absolute atomic E-state index is 12.4. The first-order valence-electron chi connectivity index (χ1n) is 5.85. The third kappa shape index (κ3) is 2.89. The maximum Gasteiger partial charge on any atom is 0.243 e. The fourth-order valence-corrected chi connectivity index (χ4v) is 2.90. The molecule has 0 spiro atoms. The first-order valence-corrected chi connectivity index (χ1v) is 7.29. The smallest absolute Gasteiger partial charge is 0.243 e. The van der Waals surface area contributed by atoms with Crippen LogP contribution in [0.25, 0.3) is 0 Å². The predicted octanol–water partition coefficient (Wildman–Crippen LogP) is 1.19. The zero-order valence-corrected chi connectivity index (χ0v) is 11.7. The van der Waals surface area contributed by atoms with E-state index >= 15 is 0 Å². The minimum Gasteiger partial charge on any atom is -0.506 e. The number of aromatic nitrogens is 1. The van der Waals surface area contributed by atoms with E-state index in [9.17, 15) is 13.5 Å². The third-order valence-corrected chi connectivity index (χ3v) is 4.63. The second-order valence-electron chi connectivity index (χ2n) is 4.34. The Bertz CT molecular complexity index is 702. The highest BCUT2D eigenvalue weighted by atomic mass is 32.2. The molecule has 0 aliphatic carbocycles. The van der Waals surface area contributed by atoms with Crippen LogP contribution in [-0.4, -0.2) is 29.9 Å². The standard InChI is InChI=1S/C13H15N3O3S/c1-16(9-10-3-2-6-15-8-10)20(18,19)11-4-5-13(17)12(14)7-11/h2-8,17H,9,14H2,1H3. The fourth-order valence-electron chi connectivity index (χ4n) is 1.71. The summed E-state index contributed by atoms with van der Waals surface area (Å²) >= 11 is 0. The van der Waals surface area contributed by atoms with Gasteiger partial charge in [0.25, 0.3) is 0 Å². The molecule has 106 valence electrons. The molecule has 1 aromatic carbocycles. The van der Waals surface area contributed by atoms with Gasteiger partial charge in [0.1, 0.15) is 5.75 Å². The van der Waals surface area contributed by atoms with E-state index in [-0.39, 0.29) is 22.9 Å². The predicted molar refractivity (Wildman–Crippen MR) is 75.4 cm³/mol. The summed E-state index contributed by atoms with van der Waals surface area (Å²) in [6, 6.07) is 7.36. The van der Waals surface area contributed by atoms with Crippen LogP contribution >= 0.6 is 0 Å². The number of pyridine rings is 1. The second-order valence-corrected chi connectivity index (χ2v) is 6.39. The van der Waals surface area contributed by atoms with Crippen molar-refractivity contribution in [2.45, 2.75) is 11.4 Å². The van der Waals surface area contributed by atoms with Gasteiger partial charge in [0.05, 0.1) is 10.6 Å². The van der Waals surface area contributed by atoms with Crippen molar-refractivity contribution in [3.63, 3.8) is 0 Å². The van der Waals surface area contributed by atoms with Gasteiger partial charge in [0.15, 0.2) is 0 Å². The molecule has 3 N–H and O–H groups in total. The molecule has 0 aliphatic heterocycles. The lowest BCUT2D eigenvalue weighted by Gasteiger charge is -2.17. The highest BCUT2D eigenvalue weighted by Gasteiger charge is 2.21. The molecule has 1 aromatic heterocycles. The minimum atomic E-state index is -3.66. The Balaban J connectivity index is 2.27. The van der Waals surface area contributed by atoms with Crippen LogP contribution in [0.3, 0.4) is 0 Å². The summed E-state index contributed by atoms with van der Waals surface area (Å²) in [5, 5.41) is 9.34. The van der Waals surface area contributed by atoms with Gasteiger partial charge in [-0.3, -0.25) is 4.98 Å². The van der Waals surface area contributed by atoms with Crippen molar-refractivity contribution >= 4 is 15.7 Å². The van der Waals surface area contributed by atoms with E-state index in [2.05, 4.69) is 4.98 Å². The summed E-state index contributed by atoms with van der Waals surface area (Å²) in [6.45, 7) is 0.205. The highest BCUT2D eigenvalue weighted by molar-refractivity contribution is 7.89. The van der Waals surface area contributed by atoms with E-state index in [0.29, 0.717) is 0 Å². The Morgan fingerprint density at radius 2 is 2.10 bits per heavy atom. The lowest BCUT2D eigenvalue weighted by atomic mass is 10.3. The molecule has 0 amide bonds. The number of aromatic hydroxyl groups is 1. The first-order chi connectivity index (χ1) is 9.41. The largest absolute Gasteiger partial charge is 0.506 e. The number of anilines is 1. The number of nitrogens with two attached hydrogens (primary N) is 1. The average molecular weight is 293 g/mol. The van der Waals surface area contributed by atoms with Gasteiger partial charge < -0.3 is 10.8 Å². The van der Waals surface area contributed by atoms with Crippen LogP contribution in [-0.2, 0) is 16.6 Å². The second kappa shape index (κ2) is 5.48. The molecule has 2 aromatic rings. The summed E-state index contributed by atoms with van der Waals surface area (Å²) in [5.74, 6) is -0.140. The zero-order chi connectivity index (χ0) is 14.8. The van der Waals surface area contributed by atoms with Gasteiger partial charge in [-0.25, -0.2) is 8.42 Å². The summed E-state index contributed by atoms with van der Waals surface area (Å²) < 4.78 is 25.9. The summed E-state index contributed by atoms with van der Waals surface area (Å²) in [7, 11) is -2.18. The van der Waals surface area contributed by atoms with Crippen LogP contribution in [0.4, 0.5) is 5.69 Å². The third-order valence-electron chi connectivity index (χ3n) is 2.84. The zero-order valence-electron chi connectivity index (χ0n) is 10.9. The molecule has 6 nitrogen and oxygen atoms in total. The van der Waals surface area contributed by atoms with E-state index in [1.807, 2.05) is 0 Å². The topological polar surface area (TPSA) is 96.5 Å². The number of phenols is 1. The number of hydrogen-bond donors (Lipinski definition) is 2. The van der Waals surface area contributed by atoms with Crippen LogP contribution in [0, 0.1) is 0 Å². The number of hydrogen-bond acceptors (Lipinski definition) is 5. The van der Waals surface area contributed by atoms with Crippen molar-refractivity contribution in [2.75, 3.05) is 12.8 Å².